The number of rotatable bonds is 2. The topological polar surface area (TPSA) is 97.1 Å². The Bertz CT molecular complexity index is 1690. The standard InChI is InChI=1S/C26H17N5S2/c1-15-4-8-18(9-5-15)21-23(32-25(30-21)17(3)12-27)24-22(19-10-6-16(2)7-11-19)31-26(33-24)20(13-28)14-29/h4-11H,1-3H3/b24-23+,25-17-. The Balaban J connectivity index is 2.25. The molecule has 0 saturated heterocycles. The highest BCUT2D eigenvalue weighted by Gasteiger charge is 2.14. The third-order valence-corrected chi connectivity index (χ3v) is 7.45. The molecule has 5 nitrogen and oxygen atoms in total. The fourth-order valence-electron chi connectivity index (χ4n) is 3.20. The molecule has 2 heterocycles. The summed E-state index contributed by atoms with van der Waals surface area (Å²) in [6, 6.07) is 22.1. The van der Waals surface area contributed by atoms with Crippen LogP contribution in [-0.4, -0.2) is 9.97 Å². The zero-order valence-corrected chi connectivity index (χ0v) is 19.8. The predicted molar refractivity (Wildman–Crippen MR) is 131 cm³/mol. The zero-order valence-electron chi connectivity index (χ0n) is 18.2. The SMILES string of the molecule is C/C(C#N)=c1\nc(-c2ccc(C)cc2)/c(=c2\sc(=C(C#N)C#N)nc2-c2ccc(C)cc2)s1. The summed E-state index contributed by atoms with van der Waals surface area (Å²) in [6.45, 7) is 5.79. The maximum Gasteiger partial charge on any atom is 0.165 e. The average Bonchev–Trinajstić information content (AvgIpc) is 3.45. The lowest BCUT2D eigenvalue weighted by molar-refractivity contribution is 1.31. The minimum Gasteiger partial charge on any atom is -0.235 e. The van der Waals surface area contributed by atoms with E-state index in [1.807, 2.05) is 74.5 Å². The first-order chi connectivity index (χ1) is 15.9. The van der Waals surface area contributed by atoms with Crippen LogP contribution in [0.5, 0.6) is 0 Å². The van der Waals surface area contributed by atoms with Gasteiger partial charge in [-0.15, -0.1) is 22.7 Å². The van der Waals surface area contributed by atoms with Crippen LogP contribution in [0, 0.1) is 56.9 Å². The fourth-order valence-corrected chi connectivity index (χ4v) is 5.40. The number of hydrogen-bond donors (Lipinski definition) is 0. The number of benzene rings is 2. The van der Waals surface area contributed by atoms with Crippen molar-refractivity contribution in [1.29, 1.82) is 15.8 Å². The minimum atomic E-state index is -0.0268. The molecule has 158 valence electrons. The van der Waals surface area contributed by atoms with E-state index in [-0.39, 0.29) is 5.57 Å². The van der Waals surface area contributed by atoms with Crippen molar-refractivity contribution in [3.05, 3.63) is 78.0 Å². The Morgan fingerprint density at radius 3 is 1.52 bits per heavy atom. The second-order valence-electron chi connectivity index (χ2n) is 7.46. The van der Waals surface area contributed by atoms with E-state index < -0.39 is 0 Å². The molecule has 4 rings (SSSR count). The van der Waals surface area contributed by atoms with E-state index in [0.717, 1.165) is 37.0 Å². The summed E-state index contributed by atoms with van der Waals surface area (Å²) in [6.07, 6.45) is 0. The Hall–Kier alpha value is -4.09. The summed E-state index contributed by atoms with van der Waals surface area (Å²) >= 11 is 2.72. The lowest BCUT2D eigenvalue weighted by atomic mass is 10.1. The van der Waals surface area contributed by atoms with Crippen molar-refractivity contribution < 1.29 is 0 Å². The first-order valence-corrected chi connectivity index (χ1v) is 11.7. The summed E-state index contributed by atoms with van der Waals surface area (Å²) in [4.78, 5) is 9.50. The Labute approximate surface area is 198 Å². The van der Waals surface area contributed by atoms with Gasteiger partial charge in [-0.2, -0.15) is 15.8 Å². The molecule has 0 fully saturated rings. The molecule has 2 aromatic carbocycles. The molecule has 0 radical (unpaired) electrons. The third-order valence-electron chi connectivity index (χ3n) is 5.04. The minimum absolute atomic E-state index is 0.0268. The van der Waals surface area contributed by atoms with Crippen molar-refractivity contribution in [1.82, 2.24) is 9.97 Å². The van der Waals surface area contributed by atoms with Gasteiger partial charge < -0.3 is 0 Å². The number of thiazole rings is 2. The molecule has 0 spiro atoms. The van der Waals surface area contributed by atoms with E-state index in [2.05, 4.69) is 6.07 Å². The van der Waals surface area contributed by atoms with E-state index in [9.17, 15) is 15.8 Å². The van der Waals surface area contributed by atoms with Gasteiger partial charge in [0.15, 0.2) is 5.57 Å². The molecule has 0 aliphatic carbocycles. The van der Waals surface area contributed by atoms with Gasteiger partial charge in [-0.25, -0.2) is 9.97 Å². The van der Waals surface area contributed by atoms with Crippen molar-refractivity contribution >= 4 is 33.8 Å². The molecule has 4 aromatic rings. The second-order valence-corrected chi connectivity index (χ2v) is 9.46. The van der Waals surface area contributed by atoms with Crippen LogP contribution >= 0.6 is 22.7 Å². The third kappa shape index (κ3) is 4.31. The van der Waals surface area contributed by atoms with Crippen LogP contribution < -0.4 is 9.33 Å². The van der Waals surface area contributed by atoms with Gasteiger partial charge in [0.1, 0.15) is 21.5 Å². The van der Waals surface area contributed by atoms with E-state index in [0.29, 0.717) is 20.6 Å². The molecule has 0 amide bonds. The molecule has 0 saturated carbocycles. The Kier molecular flexibility index (Phi) is 6.16. The summed E-state index contributed by atoms with van der Waals surface area (Å²) in [5.41, 5.74) is 6.02. The molecule has 2 aromatic heterocycles. The molecule has 0 unspecified atom stereocenters. The summed E-state index contributed by atoms with van der Waals surface area (Å²) in [5.74, 6) is 0. The largest absolute Gasteiger partial charge is 0.235 e. The Morgan fingerprint density at radius 1 is 0.667 bits per heavy atom. The van der Waals surface area contributed by atoms with Crippen LogP contribution in [0.15, 0.2) is 48.5 Å². The molecule has 0 aliphatic rings. The molecular weight excluding hydrogens is 446 g/mol. The second kappa shape index (κ2) is 9.18. The Morgan fingerprint density at radius 2 is 1.09 bits per heavy atom. The maximum absolute atomic E-state index is 9.46. The molecule has 0 bridgehead atoms. The van der Waals surface area contributed by atoms with Gasteiger partial charge in [0, 0.05) is 11.1 Å². The summed E-state index contributed by atoms with van der Waals surface area (Å²) in [7, 11) is 0. The van der Waals surface area contributed by atoms with Crippen molar-refractivity contribution in [3.8, 4) is 40.7 Å². The molecule has 7 heteroatoms. The van der Waals surface area contributed by atoms with E-state index in [1.165, 1.54) is 22.7 Å². The van der Waals surface area contributed by atoms with Gasteiger partial charge in [0.25, 0.3) is 0 Å². The lowest BCUT2D eigenvalue weighted by Crippen LogP contribution is -2.01. The van der Waals surface area contributed by atoms with Gasteiger partial charge >= 0.3 is 0 Å². The first kappa shape index (κ1) is 22.1. The van der Waals surface area contributed by atoms with Gasteiger partial charge in [0.05, 0.1) is 32.1 Å². The predicted octanol–water partition coefficient (Wildman–Crippen LogP) is 4.73. The zero-order chi connectivity index (χ0) is 23.5. The van der Waals surface area contributed by atoms with Gasteiger partial charge in [-0.1, -0.05) is 59.7 Å². The highest BCUT2D eigenvalue weighted by molar-refractivity contribution is 7.11. The highest BCUT2D eigenvalue weighted by Crippen LogP contribution is 2.27. The van der Waals surface area contributed by atoms with E-state index >= 15 is 0 Å². The summed E-state index contributed by atoms with van der Waals surface area (Å²) in [5, 5.41) is 28.3. The highest BCUT2D eigenvalue weighted by atomic mass is 32.1. The first-order valence-electron chi connectivity index (χ1n) is 10.0. The smallest absolute Gasteiger partial charge is 0.165 e. The van der Waals surface area contributed by atoms with Crippen molar-refractivity contribution in [2.75, 3.05) is 0 Å². The van der Waals surface area contributed by atoms with Gasteiger partial charge in [-0.05, 0) is 20.8 Å². The van der Waals surface area contributed by atoms with Crippen LogP contribution in [-0.2, 0) is 0 Å². The lowest BCUT2D eigenvalue weighted by Gasteiger charge is -2.00. The number of aromatic nitrogens is 2. The van der Waals surface area contributed by atoms with E-state index in [4.69, 9.17) is 9.97 Å². The van der Waals surface area contributed by atoms with Crippen molar-refractivity contribution in [3.63, 3.8) is 0 Å². The number of aryl methyl sites for hydroxylation is 2. The summed E-state index contributed by atoms with van der Waals surface area (Å²) < 4.78 is 2.69. The molecular formula is C26H17N5S2. The van der Waals surface area contributed by atoms with Crippen molar-refractivity contribution in [2.24, 2.45) is 0 Å². The average molecular weight is 464 g/mol. The van der Waals surface area contributed by atoms with Crippen LogP contribution in [0.3, 0.4) is 0 Å². The van der Waals surface area contributed by atoms with Gasteiger partial charge in [0.2, 0.25) is 0 Å². The van der Waals surface area contributed by atoms with Crippen LogP contribution in [0.25, 0.3) is 33.7 Å². The van der Waals surface area contributed by atoms with Crippen LogP contribution in [0.1, 0.15) is 18.1 Å². The normalized spacial score (nSPS) is 12.4. The molecule has 0 aliphatic heterocycles. The molecule has 0 N–H and O–H groups in total. The molecule has 33 heavy (non-hydrogen) atoms. The van der Waals surface area contributed by atoms with Crippen LogP contribution in [0.4, 0.5) is 0 Å². The number of nitriles is 3. The number of nitrogens with zero attached hydrogens (tertiary/aromatic N) is 5. The van der Waals surface area contributed by atoms with Crippen molar-refractivity contribution in [2.45, 2.75) is 20.8 Å². The van der Waals surface area contributed by atoms with Gasteiger partial charge in [-0.3, -0.25) is 0 Å². The van der Waals surface area contributed by atoms with E-state index in [1.54, 1.807) is 6.92 Å². The monoisotopic (exact) mass is 463 g/mol. The van der Waals surface area contributed by atoms with Crippen LogP contribution in [0.2, 0.25) is 0 Å². The fraction of sp³-hybridized carbons (Fsp3) is 0.115. The molecule has 0 atom stereocenters. The number of hydrogen-bond acceptors (Lipinski definition) is 7. The quantitative estimate of drug-likeness (QED) is 0.428. The maximum atomic E-state index is 9.46.